The topological polar surface area (TPSA) is 60.2 Å². The average molecular weight is 346 g/mol. The molecule has 0 N–H and O–H groups in total. The molecule has 0 spiro atoms. The first-order valence-electron chi connectivity index (χ1n) is 8.69. The first-order valence-corrected chi connectivity index (χ1v) is 8.69. The van der Waals surface area contributed by atoms with Crippen LogP contribution in [0.25, 0.3) is 11.7 Å². The van der Waals surface area contributed by atoms with Crippen molar-refractivity contribution < 1.29 is 8.83 Å². The van der Waals surface area contributed by atoms with Crippen LogP contribution >= 0.6 is 0 Å². The lowest BCUT2D eigenvalue weighted by molar-refractivity contribution is 0.159. The number of benzene rings is 1. The Morgan fingerprint density at radius 2 is 1.88 bits per heavy atom. The molecule has 4 aromatic rings. The van der Waals surface area contributed by atoms with Gasteiger partial charge in [0, 0.05) is 25.0 Å². The number of hydrogen-bond acceptors (Lipinski definition) is 5. The van der Waals surface area contributed by atoms with Gasteiger partial charge in [-0.1, -0.05) is 30.3 Å². The Morgan fingerprint density at radius 1 is 0.962 bits per heavy atom. The Morgan fingerprint density at radius 3 is 2.73 bits per heavy atom. The second kappa shape index (κ2) is 6.31. The molecule has 1 aliphatic rings. The van der Waals surface area contributed by atoms with Crippen molar-refractivity contribution in [2.45, 2.75) is 19.1 Å². The summed E-state index contributed by atoms with van der Waals surface area (Å²) in [6.07, 6.45) is 3.74. The van der Waals surface area contributed by atoms with Crippen LogP contribution in [0.15, 0.2) is 75.9 Å². The van der Waals surface area contributed by atoms with E-state index in [9.17, 15) is 0 Å². The molecule has 0 fully saturated rings. The highest BCUT2D eigenvalue weighted by Gasteiger charge is 2.30. The van der Waals surface area contributed by atoms with Crippen molar-refractivity contribution in [3.63, 3.8) is 0 Å². The van der Waals surface area contributed by atoms with E-state index in [1.807, 2.05) is 18.2 Å². The van der Waals surface area contributed by atoms with E-state index in [0.29, 0.717) is 24.1 Å². The molecule has 5 rings (SSSR count). The molecule has 0 saturated heterocycles. The maximum atomic E-state index is 5.82. The van der Waals surface area contributed by atoms with Gasteiger partial charge in [0.05, 0.1) is 18.8 Å². The van der Waals surface area contributed by atoms with Crippen LogP contribution < -0.4 is 0 Å². The summed E-state index contributed by atoms with van der Waals surface area (Å²) in [6, 6.07) is 18.6. The number of furan rings is 1. The van der Waals surface area contributed by atoms with Crippen molar-refractivity contribution in [2.75, 3.05) is 6.54 Å². The molecule has 0 unspecified atom stereocenters. The third-order valence-corrected chi connectivity index (χ3v) is 4.79. The molecule has 6 nitrogen and oxygen atoms in total. The van der Waals surface area contributed by atoms with Gasteiger partial charge < -0.3 is 13.4 Å². The number of fused-ring (bicyclic) bond motifs is 1. The maximum Gasteiger partial charge on any atom is 0.283 e. The lowest BCUT2D eigenvalue weighted by Gasteiger charge is -2.36. The summed E-state index contributed by atoms with van der Waals surface area (Å²) >= 11 is 0. The van der Waals surface area contributed by atoms with E-state index in [-0.39, 0.29) is 6.04 Å². The van der Waals surface area contributed by atoms with Crippen LogP contribution in [0.5, 0.6) is 0 Å². The normalized spacial score (nSPS) is 17.3. The molecule has 0 radical (unpaired) electrons. The van der Waals surface area contributed by atoms with Crippen molar-refractivity contribution in [2.24, 2.45) is 0 Å². The Bertz CT molecular complexity index is 988. The Hall–Kier alpha value is -3.12. The second-order valence-electron chi connectivity index (χ2n) is 6.39. The van der Waals surface area contributed by atoms with Crippen molar-refractivity contribution in [1.29, 1.82) is 0 Å². The highest BCUT2D eigenvalue weighted by atomic mass is 16.4. The largest absolute Gasteiger partial charge is 0.459 e. The summed E-state index contributed by atoms with van der Waals surface area (Å²) in [6.45, 7) is 2.46. The van der Waals surface area contributed by atoms with Crippen molar-refractivity contribution >= 4 is 0 Å². The number of nitrogens with zero attached hydrogens (tertiary/aromatic N) is 4. The van der Waals surface area contributed by atoms with Gasteiger partial charge in [-0.2, -0.15) is 0 Å². The summed E-state index contributed by atoms with van der Waals surface area (Å²) in [4.78, 5) is 2.38. The fourth-order valence-electron chi connectivity index (χ4n) is 3.61. The highest BCUT2D eigenvalue weighted by Crippen LogP contribution is 2.33. The zero-order valence-electron chi connectivity index (χ0n) is 14.2. The quantitative estimate of drug-likeness (QED) is 0.563. The highest BCUT2D eigenvalue weighted by molar-refractivity contribution is 5.42. The van der Waals surface area contributed by atoms with Crippen LogP contribution in [0, 0.1) is 0 Å². The Labute approximate surface area is 150 Å². The van der Waals surface area contributed by atoms with Crippen LogP contribution in [-0.2, 0) is 13.1 Å². The molecule has 130 valence electrons. The average Bonchev–Trinajstić information content (AvgIpc) is 3.43. The Balaban J connectivity index is 1.46. The van der Waals surface area contributed by atoms with Crippen molar-refractivity contribution in [3.05, 3.63) is 84.2 Å². The van der Waals surface area contributed by atoms with E-state index < -0.39 is 0 Å². The molecule has 4 heterocycles. The molecule has 1 aliphatic heterocycles. The first-order chi connectivity index (χ1) is 12.9. The monoisotopic (exact) mass is 346 g/mol. The molecule has 0 aliphatic carbocycles. The summed E-state index contributed by atoms with van der Waals surface area (Å²) in [5, 5.41) is 8.33. The Kier molecular flexibility index (Phi) is 3.68. The van der Waals surface area contributed by atoms with Gasteiger partial charge in [-0.05, 0) is 29.8 Å². The zero-order chi connectivity index (χ0) is 17.3. The number of hydrogen-bond donors (Lipinski definition) is 0. The smallest absolute Gasteiger partial charge is 0.283 e. The molecule has 1 aromatic carbocycles. The molecule has 0 amide bonds. The van der Waals surface area contributed by atoms with Crippen molar-refractivity contribution in [1.82, 2.24) is 19.7 Å². The summed E-state index contributed by atoms with van der Waals surface area (Å²) in [5.41, 5.74) is 2.55. The number of rotatable bonds is 4. The summed E-state index contributed by atoms with van der Waals surface area (Å²) in [5.74, 6) is 1.61. The standard InChI is InChI=1S/C20H18N4O2/c1-2-6-15(7-3-1)19-16-8-4-10-23(16)11-12-24(19)14-18-21-22-20(26-18)17-9-5-13-25-17/h1-10,13,19H,11-12,14H2/t19-/m0/s1. The third-order valence-electron chi connectivity index (χ3n) is 4.79. The summed E-state index contributed by atoms with van der Waals surface area (Å²) in [7, 11) is 0. The van der Waals surface area contributed by atoms with Gasteiger partial charge in [-0.25, -0.2) is 0 Å². The van der Waals surface area contributed by atoms with Crippen molar-refractivity contribution in [3.8, 4) is 11.7 Å². The molecule has 0 saturated carbocycles. The van der Waals surface area contributed by atoms with Gasteiger partial charge in [0.1, 0.15) is 0 Å². The van der Waals surface area contributed by atoms with E-state index in [2.05, 4.69) is 62.3 Å². The van der Waals surface area contributed by atoms with Gasteiger partial charge in [-0.15, -0.1) is 10.2 Å². The minimum Gasteiger partial charge on any atom is -0.459 e. The number of aromatic nitrogens is 3. The lowest BCUT2D eigenvalue weighted by Crippen LogP contribution is -2.38. The fraction of sp³-hybridized carbons (Fsp3) is 0.200. The first kappa shape index (κ1) is 15.2. The third kappa shape index (κ3) is 2.64. The maximum absolute atomic E-state index is 5.82. The van der Waals surface area contributed by atoms with Crippen LogP contribution in [0.2, 0.25) is 0 Å². The second-order valence-corrected chi connectivity index (χ2v) is 6.39. The van der Waals surface area contributed by atoms with E-state index in [1.54, 1.807) is 6.26 Å². The van der Waals surface area contributed by atoms with Gasteiger partial charge in [0.25, 0.3) is 5.89 Å². The van der Waals surface area contributed by atoms with Gasteiger partial charge in [0.15, 0.2) is 5.76 Å². The van der Waals surface area contributed by atoms with Gasteiger partial charge in [-0.3, -0.25) is 4.90 Å². The molecule has 0 bridgehead atoms. The van der Waals surface area contributed by atoms with E-state index in [1.165, 1.54) is 11.3 Å². The van der Waals surface area contributed by atoms with E-state index in [4.69, 9.17) is 8.83 Å². The van der Waals surface area contributed by atoms with E-state index in [0.717, 1.165) is 13.1 Å². The minimum atomic E-state index is 0.166. The molecule has 1 atom stereocenters. The SMILES string of the molecule is c1ccc([C@H]2c3cccn3CCN2Cc2nnc(-c3ccco3)o2)cc1. The van der Waals surface area contributed by atoms with Gasteiger partial charge >= 0.3 is 0 Å². The van der Waals surface area contributed by atoms with Crippen LogP contribution in [0.3, 0.4) is 0 Å². The lowest BCUT2D eigenvalue weighted by atomic mass is 10.00. The molecule has 3 aromatic heterocycles. The van der Waals surface area contributed by atoms with Crippen LogP contribution in [0.1, 0.15) is 23.2 Å². The molecular formula is C20H18N4O2. The van der Waals surface area contributed by atoms with Crippen LogP contribution in [0.4, 0.5) is 0 Å². The molecule has 6 heteroatoms. The molecule has 26 heavy (non-hydrogen) atoms. The predicted molar refractivity (Wildman–Crippen MR) is 95.1 cm³/mol. The van der Waals surface area contributed by atoms with Crippen LogP contribution in [-0.4, -0.2) is 26.2 Å². The van der Waals surface area contributed by atoms with E-state index >= 15 is 0 Å². The molecular weight excluding hydrogens is 328 g/mol. The summed E-state index contributed by atoms with van der Waals surface area (Å²) < 4.78 is 13.5. The van der Waals surface area contributed by atoms with Gasteiger partial charge in [0.2, 0.25) is 5.89 Å². The zero-order valence-corrected chi connectivity index (χ0v) is 14.2. The minimum absolute atomic E-state index is 0.166. The fourth-order valence-corrected chi connectivity index (χ4v) is 3.61. The predicted octanol–water partition coefficient (Wildman–Crippen LogP) is 3.74.